The highest BCUT2D eigenvalue weighted by molar-refractivity contribution is 5.96. The smallest absolute Gasteiger partial charge is 0.317 e. The molecule has 0 aromatic carbocycles. The van der Waals surface area contributed by atoms with E-state index < -0.39 is 0 Å². The zero-order valence-corrected chi connectivity index (χ0v) is 6.66. The van der Waals surface area contributed by atoms with E-state index in [4.69, 9.17) is 5.73 Å². The molecule has 0 bridgehead atoms. The number of fused-ring (bicyclic) bond motifs is 1. The number of esters is 2. The quantitative estimate of drug-likeness (QED) is 0.403. The molecule has 0 aromatic rings. The molecule has 12 heavy (non-hydrogen) atoms. The minimum absolute atomic E-state index is 0.0599. The van der Waals surface area contributed by atoms with E-state index in [0.717, 1.165) is 6.42 Å². The maximum Gasteiger partial charge on any atom is 0.317 e. The molecule has 3 unspecified atom stereocenters. The monoisotopic (exact) mass is 169 g/mol. The number of rotatable bonds is 0. The van der Waals surface area contributed by atoms with Gasteiger partial charge in [-0.25, -0.2) is 0 Å². The number of cyclic esters (lactones) is 2. The van der Waals surface area contributed by atoms with Crippen LogP contribution >= 0.6 is 0 Å². The zero-order chi connectivity index (χ0) is 8.72. The van der Waals surface area contributed by atoms with Crippen molar-refractivity contribution in [3.63, 3.8) is 0 Å². The number of nitrogens with two attached hydrogens (primary N) is 1. The predicted octanol–water partition coefficient (Wildman–Crippen LogP) is -0.187. The van der Waals surface area contributed by atoms with E-state index in [1.807, 2.05) is 0 Å². The minimum atomic E-state index is -0.375. The molecule has 66 valence electrons. The van der Waals surface area contributed by atoms with Gasteiger partial charge in [-0.05, 0) is 19.3 Å². The molecule has 3 atom stereocenters. The number of carbonyl (C=O) groups excluding carboxylic acids is 2. The standard InChI is InChI=1S/C8H11NO3/c9-4-1-2-5-6(3-4)8(11)12-7(5)10/h4-6H,1-3,9H2. The van der Waals surface area contributed by atoms with Gasteiger partial charge in [0.1, 0.15) is 0 Å². The van der Waals surface area contributed by atoms with Crippen LogP contribution < -0.4 is 5.73 Å². The molecule has 2 aliphatic rings. The number of carbonyl (C=O) groups is 2. The summed E-state index contributed by atoms with van der Waals surface area (Å²) in [6.07, 6.45) is 2.13. The number of hydrogen-bond donors (Lipinski definition) is 1. The Balaban J connectivity index is 2.17. The van der Waals surface area contributed by atoms with Crippen LogP contribution in [0.25, 0.3) is 0 Å². The van der Waals surface area contributed by atoms with Gasteiger partial charge in [0.05, 0.1) is 11.8 Å². The maximum absolute atomic E-state index is 11.1. The molecule has 1 aliphatic carbocycles. The van der Waals surface area contributed by atoms with Gasteiger partial charge < -0.3 is 10.5 Å². The van der Waals surface area contributed by atoms with Gasteiger partial charge in [-0.2, -0.15) is 0 Å². The SMILES string of the molecule is NC1CCC2C(=O)OC(=O)C2C1. The second kappa shape index (κ2) is 2.55. The minimum Gasteiger partial charge on any atom is -0.393 e. The molecule has 1 saturated heterocycles. The zero-order valence-electron chi connectivity index (χ0n) is 6.66. The fourth-order valence-corrected chi connectivity index (χ4v) is 2.00. The number of ether oxygens (including phenoxy) is 1. The second-order valence-corrected chi connectivity index (χ2v) is 3.53. The molecule has 0 radical (unpaired) electrons. The highest BCUT2D eigenvalue weighted by Crippen LogP contribution is 2.35. The van der Waals surface area contributed by atoms with Crippen molar-refractivity contribution in [2.24, 2.45) is 17.6 Å². The maximum atomic E-state index is 11.1. The van der Waals surface area contributed by atoms with Crippen molar-refractivity contribution in [1.82, 2.24) is 0 Å². The van der Waals surface area contributed by atoms with Crippen molar-refractivity contribution in [2.45, 2.75) is 25.3 Å². The van der Waals surface area contributed by atoms with Crippen molar-refractivity contribution in [3.05, 3.63) is 0 Å². The lowest BCUT2D eigenvalue weighted by Gasteiger charge is -2.24. The van der Waals surface area contributed by atoms with Crippen LogP contribution in [0.3, 0.4) is 0 Å². The summed E-state index contributed by atoms with van der Waals surface area (Å²) in [5.74, 6) is -1.17. The third kappa shape index (κ3) is 1.03. The second-order valence-electron chi connectivity index (χ2n) is 3.53. The Morgan fingerprint density at radius 2 is 1.83 bits per heavy atom. The van der Waals surface area contributed by atoms with Crippen LogP contribution in [0.1, 0.15) is 19.3 Å². The summed E-state index contributed by atoms with van der Waals surface area (Å²) in [5.41, 5.74) is 5.68. The van der Waals surface area contributed by atoms with E-state index in [1.54, 1.807) is 0 Å². The summed E-state index contributed by atoms with van der Waals surface area (Å²) < 4.78 is 4.52. The lowest BCUT2D eigenvalue weighted by molar-refractivity contribution is -0.153. The molecule has 0 amide bonds. The van der Waals surface area contributed by atoms with E-state index in [0.29, 0.717) is 12.8 Å². The molecule has 1 saturated carbocycles. The largest absolute Gasteiger partial charge is 0.393 e. The van der Waals surface area contributed by atoms with Gasteiger partial charge in [-0.15, -0.1) is 0 Å². The topological polar surface area (TPSA) is 69.4 Å². The van der Waals surface area contributed by atoms with Crippen LogP contribution in [0.4, 0.5) is 0 Å². The van der Waals surface area contributed by atoms with Gasteiger partial charge in [0.25, 0.3) is 0 Å². The van der Waals surface area contributed by atoms with E-state index in [2.05, 4.69) is 4.74 Å². The molecule has 0 aromatic heterocycles. The molecular formula is C8H11NO3. The summed E-state index contributed by atoms with van der Waals surface area (Å²) in [6, 6.07) is 0.0599. The van der Waals surface area contributed by atoms with E-state index in [-0.39, 0.29) is 29.8 Å². The normalized spacial score (nSPS) is 40.9. The average molecular weight is 169 g/mol. The highest BCUT2D eigenvalue weighted by atomic mass is 16.6. The summed E-state index contributed by atoms with van der Waals surface area (Å²) in [6.45, 7) is 0. The summed E-state index contributed by atoms with van der Waals surface area (Å²) in [5, 5.41) is 0. The van der Waals surface area contributed by atoms with Gasteiger partial charge >= 0.3 is 11.9 Å². The van der Waals surface area contributed by atoms with Crippen LogP contribution in [0, 0.1) is 11.8 Å². The van der Waals surface area contributed by atoms with Crippen molar-refractivity contribution in [3.8, 4) is 0 Å². The van der Waals surface area contributed by atoms with E-state index in [1.165, 1.54) is 0 Å². The van der Waals surface area contributed by atoms with Crippen molar-refractivity contribution < 1.29 is 14.3 Å². The average Bonchev–Trinajstić information content (AvgIpc) is 2.28. The van der Waals surface area contributed by atoms with E-state index >= 15 is 0 Å². The lowest BCUT2D eigenvalue weighted by Crippen LogP contribution is -2.34. The summed E-state index contributed by atoms with van der Waals surface area (Å²) in [4.78, 5) is 22.1. The molecule has 2 rings (SSSR count). The van der Waals surface area contributed by atoms with Gasteiger partial charge in [0, 0.05) is 6.04 Å². The van der Waals surface area contributed by atoms with Gasteiger partial charge in [0.15, 0.2) is 0 Å². The third-order valence-electron chi connectivity index (χ3n) is 2.70. The van der Waals surface area contributed by atoms with Crippen molar-refractivity contribution in [1.29, 1.82) is 0 Å². The molecule has 0 spiro atoms. The van der Waals surface area contributed by atoms with Crippen molar-refractivity contribution in [2.75, 3.05) is 0 Å². The summed E-state index contributed by atoms with van der Waals surface area (Å²) in [7, 11) is 0. The Bertz CT molecular complexity index is 238. The lowest BCUT2D eigenvalue weighted by atomic mass is 9.79. The molecule has 4 heteroatoms. The molecule has 1 heterocycles. The van der Waals surface area contributed by atoms with Gasteiger partial charge in [0.2, 0.25) is 0 Å². The first-order valence-corrected chi connectivity index (χ1v) is 4.19. The first-order chi connectivity index (χ1) is 5.68. The Morgan fingerprint density at radius 3 is 2.58 bits per heavy atom. The molecule has 2 N–H and O–H groups in total. The predicted molar refractivity (Wildman–Crippen MR) is 39.9 cm³/mol. The molecular weight excluding hydrogens is 158 g/mol. The van der Waals surface area contributed by atoms with Crippen molar-refractivity contribution >= 4 is 11.9 Å². The Kier molecular flexibility index (Phi) is 1.65. The molecule has 2 fully saturated rings. The number of hydrogen-bond acceptors (Lipinski definition) is 4. The summed E-state index contributed by atoms with van der Waals surface area (Å²) >= 11 is 0. The fraction of sp³-hybridized carbons (Fsp3) is 0.750. The van der Waals surface area contributed by atoms with Crippen LogP contribution in [0.15, 0.2) is 0 Å². The van der Waals surface area contributed by atoms with Crippen LogP contribution in [0.5, 0.6) is 0 Å². The Hall–Kier alpha value is -0.900. The molecule has 1 aliphatic heterocycles. The fourth-order valence-electron chi connectivity index (χ4n) is 2.00. The van der Waals surface area contributed by atoms with Crippen LogP contribution in [-0.4, -0.2) is 18.0 Å². The third-order valence-corrected chi connectivity index (χ3v) is 2.70. The van der Waals surface area contributed by atoms with Crippen LogP contribution in [-0.2, 0) is 14.3 Å². The van der Waals surface area contributed by atoms with E-state index in [9.17, 15) is 9.59 Å². The Morgan fingerprint density at radius 1 is 1.17 bits per heavy atom. The molecule has 4 nitrogen and oxygen atoms in total. The first kappa shape index (κ1) is 7.73. The highest BCUT2D eigenvalue weighted by Gasteiger charge is 2.46. The van der Waals surface area contributed by atoms with Gasteiger partial charge in [-0.3, -0.25) is 9.59 Å². The Labute approximate surface area is 70.1 Å². The first-order valence-electron chi connectivity index (χ1n) is 4.19. The van der Waals surface area contributed by atoms with Crippen LogP contribution in [0.2, 0.25) is 0 Å². The van der Waals surface area contributed by atoms with Gasteiger partial charge in [-0.1, -0.05) is 0 Å².